The van der Waals surface area contributed by atoms with Crippen LogP contribution in [0.2, 0.25) is 0 Å². The van der Waals surface area contributed by atoms with Crippen LogP contribution in [0.5, 0.6) is 0 Å². The van der Waals surface area contributed by atoms with E-state index < -0.39 is 0 Å². The van der Waals surface area contributed by atoms with Gasteiger partial charge in [0.2, 0.25) is 0 Å². The van der Waals surface area contributed by atoms with E-state index in [1.165, 1.54) is 25.3 Å². The lowest BCUT2D eigenvalue weighted by atomic mass is 10.2. The number of hydrogen-bond donors (Lipinski definition) is 1. The Labute approximate surface area is 121 Å². The molecule has 0 atom stereocenters. The van der Waals surface area contributed by atoms with Crippen molar-refractivity contribution in [2.45, 2.75) is 20.8 Å². The fourth-order valence-corrected chi connectivity index (χ4v) is 1.96. The second kappa shape index (κ2) is 10.3. The van der Waals surface area contributed by atoms with Crippen molar-refractivity contribution in [3.63, 3.8) is 0 Å². The molecule has 4 heteroatoms. The van der Waals surface area contributed by atoms with Crippen LogP contribution in [0.25, 0.3) is 0 Å². The highest BCUT2D eigenvalue weighted by Gasteiger charge is 2.23. The molecule has 1 aromatic carbocycles. The second-order valence-electron chi connectivity index (χ2n) is 3.43. The minimum atomic E-state index is 0. The van der Waals surface area contributed by atoms with Gasteiger partial charge < -0.3 is 23.1 Å². The fourth-order valence-electron chi connectivity index (χ4n) is 1.96. The van der Waals surface area contributed by atoms with Crippen LogP contribution in [-0.4, -0.2) is 19.6 Å². The summed E-state index contributed by atoms with van der Waals surface area (Å²) in [6.07, 6.45) is 0. The number of hydrogen-bond acceptors (Lipinski definition) is 1. The minimum absolute atomic E-state index is 0. The van der Waals surface area contributed by atoms with E-state index in [1.54, 1.807) is 0 Å². The number of rotatable bonds is 4. The monoisotopic (exact) mass is 354 g/mol. The minimum Gasteiger partial charge on any atom is -1.00 e. The lowest BCUT2D eigenvalue weighted by Crippen LogP contribution is -3.00. The maximum Gasteiger partial charge on any atom is 0.132 e. The highest BCUT2D eigenvalue weighted by Crippen LogP contribution is 2.21. The smallest absolute Gasteiger partial charge is 0.132 e. The molecule has 0 radical (unpaired) electrons. The third kappa shape index (κ3) is 4.53. The summed E-state index contributed by atoms with van der Waals surface area (Å²) < 4.78 is 1.10. The molecule has 0 aliphatic rings. The van der Waals surface area contributed by atoms with Gasteiger partial charge in [-0.1, -0.05) is 18.2 Å². The lowest BCUT2D eigenvalue weighted by molar-refractivity contribution is -0.00000342. The van der Waals surface area contributed by atoms with Crippen LogP contribution in [0.1, 0.15) is 20.8 Å². The van der Waals surface area contributed by atoms with E-state index in [2.05, 4.69) is 51.1 Å². The Morgan fingerprint density at radius 3 is 1.56 bits per heavy atom. The van der Waals surface area contributed by atoms with Crippen molar-refractivity contribution in [1.82, 2.24) is 10.6 Å². The molecule has 0 unspecified atom stereocenters. The molecule has 0 heterocycles. The zero-order valence-electron chi connectivity index (χ0n) is 10.4. The Hall–Kier alpha value is 0.100. The van der Waals surface area contributed by atoms with E-state index in [-0.39, 0.29) is 40.1 Å². The molecule has 0 aliphatic heterocycles. The number of benzene rings is 1. The van der Waals surface area contributed by atoms with Crippen LogP contribution >= 0.6 is 17.0 Å². The van der Waals surface area contributed by atoms with Gasteiger partial charge in [-0.3, -0.25) is 4.48 Å². The summed E-state index contributed by atoms with van der Waals surface area (Å²) in [5.74, 6) is 0. The topological polar surface area (TPSA) is 35.0 Å². The van der Waals surface area contributed by atoms with E-state index >= 15 is 0 Å². The van der Waals surface area contributed by atoms with E-state index in [9.17, 15) is 0 Å². The molecule has 0 saturated heterocycles. The first-order valence-corrected chi connectivity index (χ1v) is 5.20. The molecule has 0 aliphatic carbocycles. The first-order chi connectivity index (χ1) is 6.29. The molecule has 0 amide bonds. The van der Waals surface area contributed by atoms with E-state index in [0.717, 1.165) is 4.48 Å². The van der Waals surface area contributed by atoms with Gasteiger partial charge in [-0.25, -0.2) is 0 Å². The summed E-state index contributed by atoms with van der Waals surface area (Å²) in [6, 6.07) is 10.8. The Morgan fingerprint density at radius 1 is 0.875 bits per heavy atom. The second-order valence-corrected chi connectivity index (χ2v) is 3.43. The number of nitrogens with zero attached hydrogens (tertiary/aromatic N) is 1. The van der Waals surface area contributed by atoms with Gasteiger partial charge in [-0.15, -0.1) is 17.0 Å². The largest absolute Gasteiger partial charge is 1.00 e. The van der Waals surface area contributed by atoms with Gasteiger partial charge in [0.05, 0.1) is 19.6 Å². The molecular formula is C12H24Br2N2. The number of halogens is 2. The number of quaternary nitrogens is 1. The van der Waals surface area contributed by atoms with Crippen LogP contribution in [0, 0.1) is 0 Å². The molecule has 0 fully saturated rings. The molecule has 0 saturated carbocycles. The zero-order valence-corrected chi connectivity index (χ0v) is 13.7. The van der Waals surface area contributed by atoms with Gasteiger partial charge in [0.25, 0.3) is 0 Å². The third-order valence-electron chi connectivity index (χ3n) is 3.12. The van der Waals surface area contributed by atoms with E-state index in [1.807, 2.05) is 0 Å². The molecule has 0 aromatic heterocycles. The highest BCUT2D eigenvalue weighted by atomic mass is 79.9. The summed E-state index contributed by atoms with van der Waals surface area (Å²) >= 11 is 0. The maximum absolute atomic E-state index is 2.26. The molecule has 0 bridgehead atoms. The SMILES string of the molecule is Br.CC[N+](CC)(CC)c1ccccc1.N.[Br-]. The van der Waals surface area contributed by atoms with Crippen molar-refractivity contribution in [1.29, 1.82) is 0 Å². The predicted molar refractivity (Wildman–Crippen MR) is 75.2 cm³/mol. The Balaban J connectivity index is -0.000000563. The number of para-hydroxylation sites is 1. The van der Waals surface area contributed by atoms with Gasteiger partial charge in [0.1, 0.15) is 5.69 Å². The molecule has 1 rings (SSSR count). The van der Waals surface area contributed by atoms with Crippen LogP contribution in [0.15, 0.2) is 30.3 Å². The van der Waals surface area contributed by atoms with Crippen LogP contribution in [-0.2, 0) is 0 Å². The van der Waals surface area contributed by atoms with Crippen molar-refractivity contribution >= 4 is 22.7 Å². The van der Waals surface area contributed by atoms with Crippen molar-refractivity contribution in [2.24, 2.45) is 0 Å². The first kappa shape index (κ1) is 21.4. The highest BCUT2D eigenvalue weighted by molar-refractivity contribution is 8.93. The average Bonchev–Trinajstić information content (AvgIpc) is 2.23. The van der Waals surface area contributed by atoms with Crippen molar-refractivity contribution in [2.75, 3.05) is 19.6 Å². The summed E-state index contributed by atoms with van der Waals surface area (Å²) in [6.45, 7) is 10.3. The van der Waals surface area contributed by atoms with Crippen molar-refractivity contribution < 1.29 is 17.0 Å². The van der Waals surface area contributed by atoms with Gasteiger partial charge in [0.15, 0.2) is 0 Å². The van der Waals surface area contributed by atoms with Crippen molar-refractivity contribution in [3.8, 4) is 0 Å². The summed E-state index contributed by atoms with van der Waals surface area (Å²) in [5.41, 5.74) is 1.44. The normalized spacial score (nSPS) is 9.44. The molecule has 3 N–H and O–H groups in total. The van der Waals surface area contributed by atoms with E-state index in [4.69, 9.17) is 0 Å². The van der Waals surface area contributed by atoms with Gasteiger partial charge >= 0.3 is 0 Å². The standard InChI is InChI=1S/C12H20N.2BrH.H3N/c1-4-13(5-2,6-3)12-10-8-7-9-11-12;;;/h7-11H,4-6H2,1-3H3;2*1H;1H3/q+1;;;/p-1. The zero-order chi connectivity index (χ0) is 9.73. The fraction of sp³-hybridized carbons (Fsp3) is 0.500. The summed E-state index contributed by atoms with van der Waals surface area (Å²) in [5, 5.41) is 0. The maximum atomic E-state index is 2.26. The predicted octanol–water partition coefficient (Wildman–Crippen LogP) is 0.798. The van der Waals surface area contributed by atoms with Crippen molar-refractivity contribution in [3.05, 3.63) is 30.3 Å². The van der Waals surface area contributed by atoms with Crippen LogP contribution in [0.4, 0.5) is 5.69 Å². The molecule has 0 spiro atoms. The summed E-state index contributed by atoms with van der Waals surface area (Å²) in [7, 11) is 0. The summed E-state index contributed by atoms with van der Waals surface area (Å²) in [4.78, 5) is 0. The van der Waals surface area contributed by atoms with Gasteiger partial charge in [-0.05, 0) is 32.9 Å². The quantitative estimate of drug-likeness (QED) is 0.796. The Morgan fingerprint density at radius 2 is 1.25 bits per heavy atom. The van der Waals surface area contributed by atoms with E-state index in [0.29, 0.717) is 0 Å². The Kier molecular flexibility index (Phi) is 13.7. The molecule has 16 heavy (non-hydrogen) atoms. The Bertz CT molecular complexity index is 240. The van der Waals surface area contributed by atoms with Gasteiger partial charge in [0, 0.05) is 0 Å². The van der Waals surface area contributed by atoms with Gasteiger partial charge in [-0.2, -0.15) is 0 Å². The lowest BCUT2D eigenvalue weighted by Gasteiger charge is -2.35. The van der Waals surface area contributed by atoms with Crippen LogP contribution in [0.3, 0.4) is 0 Å². The average molecular weight is 356 g/mol. The molecule has 2 nitrogen and oxygen atoms in total. The molecule has 96 valence electrons. The molecule has 1 aromatic rings. The first-order valence-electron chi connectivity index (χ1n) is 5.20. The molecular weight excluding hydrogens is 332 g/mol. The third-order valence-corrected chi connectivity index (χ3v) is 3.12. The van der Waals surface area contributed by atoms with Crippen LogP contribution < -0.4 is 27.6 Å².